The molecule has 0 aliphatic carbocycles. The second kappa shape index (κ2) is 9.81. The van der Waals surface area contributed by atoms with Crippen LogP contribution in [0.4, 0.5) is 0 Å². The molecule has 0 bridgehead atoms. The Kier molecular flexibility index (Phi) is 7.81. The predicted molar refractivity (Wildman–Crippen MR) is 82.4 cm³/mol. The molecule has 1 aromatic carbocycles. The van der Waals surface area contributed by atoms with Crippen molar-refractivity contribution in [2.24, 2.45) is 0 Å². The third-order valence-corrected chi connectivity index (χ3v) is 3.25. The fourth-order valence-electron chi connectivity index (χ4n) is 2.20. The summed E-state index contributed by atoms with van der Waals surface area (Å²) >= 11 is 0. The molecule has 0 heterocycles. The average molecular weight is 389 g/mol. The van der Waals surface area contributed by atoms with Crippen LogP contribution < -0.4 is 0 Å². The van der Waals surface area contributed by atoms with Crippen molar-refractivity contribution < 1.29 is 39.7 Å². The van der Waals surface area contributed by atoms with Gasteiger partial charge in [-0.05, 0) is 12.5 Å². The summed E-state index contributed by atoms with van der Waals surface area (Å²) in [5.41, 5.74) is 0.392. The van der Waals surface area contributed by atoms with Gasteiger partial charge in [0.2, 0.25) is 0 Å². The highest BCUT2D eigenvalue weighted by atomic mass is 17.0. The van der Waals surface area contributed by atoms with Crippen molar-refractivity contribution in [2.75, 3.05) is 0 Å². The number of aliphatic hydroxyl groups excluding tert-OH is 1. The van der Waals surface area contributed by atoms with E-state index in [2.05, 4.69) is 14.5 Å². The number of ketones is 1. The monoisotopic (exact) mass is 389 g/mol. The van der Waals surface area contributed by atoms with Crippen molar-refractivity contribution in [1.29, 1.82) is 0 Å². The molecule has 0 saturated heterocycles. The molecular weight excluding hydrogens is 374 g/mol. The number of nitrogens with zero attached hydrogens (tertiary/aromatic N) is 3. The van der Waals surface area contributed by atoms with Crippen LogP contribution in [0.2, 0.25) is 0 Å². The Balaban J connectivity index is 3.23. The standard InChI is InChI=1S/C13H15N3O11/c1-8(17)11(25-14(19)20)13(27-16(23)24)12(26-15(21)22)10(18)7-9-5-3-2-4-6-9/h2-6,8,11-13,17H,7H2,1H3/t8-,11-,12-,13+/m0/s1. The summed E-state index contributed by atoms with van der Waals surface area (Å²) in [6, 6.07) is 7.80. The number of rotatable bonds is 12. The van der Waals surface area contributed by atoms with E-state index in [1.807, 2.05) is 0 Å². The second-order valence-corrected chi connectivity index (χ2v) is 5.21. The molecule has 0 spiro atoms. The molecule has 0 amide bonds. The van der Waals surface area contributed by atoms with Gasteiger partial charge in [0.1, 0.15) is 0 Å². The second-order valence-electron chi connectivity index (χ2n) is 5.21. The van der Waals surface area contributed by atoms with Crippen LogP contribution in [-0.4, -0.2) is 50.6 Å². The molecule has 0 saturated carbocycles. The maximum atomic E-state index is 12.4. The van der Waals surface area contributed by atoms with Gasteiger partial charge in [0.25, 0.3) is 15.3 Å². The number of hydrogen-bond donors (Lipinski definition) is 1. The van der Waals surface area contributed by atoms with Crippen LogP contribution in [-0.2, 0) is 25.7 Å². The van der Waals surface area contributed by atoms with Crippen molar-refractivity contribution in [3.8, 4) is 0 Å². The Bertz CT molecular complexity index is 681. The lowest BCUT2D eigenvalue weighted by Crippen LogP contribution is -2.53. The van der Waals surface area contributed by atoms with E-state index in [0.717, 1.165) is 6.92 Å². The van der Waals surface area contributed by atoms with Crippen molar-refractivity contribution in [3.05, 3.63) is 66.2 Å². The molecule has 14 heteroatoms. The van der Waals surface area contributed by atoms with E-state index in [4.69, 9.17) is 0 Å². The van der Waals surface area contributed by atoms with E-state index in [0.29, 0.717) is 5.56 Å². The third kappa shape index (κ3) is 7.07. The minimum absolute atomic E-state index is 0.392. The topological polar surface area (TPSA) is 194 Å². The Morgan fingerprint density at radius 1 is 0.963 bits per heavy atom. The lowest BCUT2D eigenvalue weighted by atomic mass is 9.97. The molecule has 0 aromatic heterocycles. The first-order valence-electron chi connectivity index (χ1n) is 7.30. The summed E-state index contributed by atoms with van der Waals surface area (Å²) in [5.74, 6) is -1.05. The molecule has 1 N–H and O–H groups in total. The van der Waals surface area contributed by atoms with Crippen LogP contribution in [0.15, 0.2) is 30.3 Å². The van der Waals surface area contributed by atoms with Gasteiger partial charge in [-0.1, -0.05) is 30.3 Å². The van der Waals surface area contributed by atoms with E-state index in [9.17, 15) is 40.2 Å². The SMILES string of the molecule is C[C@H](O)[C@H](O[N+](=O)[O-])[C@@H](O[N+](=O)[O-])[C@@H](O[N+](=O)[O-])C(=O)Cc1ccccc1. The molecule has 1 rings (SSSR count). The molecule has 148 valence electrons. The first-order valence-corrected chi connectivity index (χ1v) is 7.30. The summed E-state index contributed by atoms with van der Waals surface area (Å²) in [6.45, 7) is 0.954. The van der Waals surface area contributed by atoms with Gasteiger partial charge < -0.3 is 19.6 Å². The van der Waals surface area contributed by atoms with Crippen molar-refractivity contribution >= 4 is 5.78 Å². The normalized spacial score (nSPS) is 14.9. The number of benzene rings is 1. The van der Waals surface area contributed by atoms with E-state index < -0.39 is 51.9 Å². The summed E-state index contributed by atoms with van der Waals surface area (Å²) in [4.78, 5) is 57.0. The Morgan fingerprint density at radius 3 is 1.89 bits per heavy atom. The molecular formula is C13H15N3O11. The number of hydrogen-bond acceptors (Lipinski definition) is 11. The fraction of sp³-hybridized carbons (Fsp3) is 0.462. The van der Waals surface area contributed by atoms with Crippen LogP contribution >= 0.6 is 0 Å². The predicted octanol–water partition coefficient (Wildman–Crippen LogP) is -0.0903. The van der Waals surface area contributed by atoms with Crippen LogP contribution in [0.25, 0.3) is 0 Å². The van der Waals surface area contributed by atoms with Crippen LogP contribution in [0.5, 0.6) is 0 Å². The Labute approximate surface area is 150 Å². The maximum Gasteiger partial charge on any atom is 0.295 e. The number of carbonyl (C=O) groups is 1. The minimum Gasteiger partial charge on any atom is -0.391 e. The van der Waals surface area contributed by atoms with Crippen LogP contribution in [0.1, 0.15) is 12.5 Å². The highest BCUT2D eigenvalue weighted by Crippen LogP contribution is 2.19. The Morgan fingerprint density at radius 2 is 1.44 bits per heavy atom. The van der Waals surface area contributed by atoms with E-state index in [1.54, 1.807) is 18.2 Å². The molecule has 14 nitrogen and oxygen atoms in total. The third-order valence-electron chi connectivity index (χ3n) is 3.25. The molecule has 0 unspecified atom stereocenters. The molecule has 0 aliphatic rings. The average Bonchev–Trinajstić information content (AvgIpc) is 2.56. The molecule has 4 atom stereocenters. The lowest BCUT2D eigenvalue weighted by molar-refractivity contribution is -0.815. The molecule has 27 heavy (non-hydrogen) atoms. The maximum absolute atomic E-state index is 12.4. The first kappa shape index (κ1) is 21.5. The van der Waals surface area contributed by atoms with Crippen LogP contribution in [0.3, 0.4) is 0 Å². The van der Waals surface area contributed by atoms with Gasteiger partial charge >= 0.3 is 0 Å². The first-order chi connectivity index (χ1) is 12.6. The van der Waals surface area contributed by atoms with Gasteiger partial charge in [-0.2, -0.15) is 0 Å². The van der Waals surface area contributed by atoms with Gasteiger partial charge in [0, 0.05) is 6.42 Å². The minimum atomic E-state index is -2.29. The number of Topliss-reactive ketones (excluding diaryl/α,β-unsaturated/α-hetero) is 1. The van der Waals surface area contributed by atoms with Crippen molar-refractivity contribution in [2.45, 2.75) is 37.8 Å². The van der Waals surface area contributed by atoms with E-state index in [1.165, 1.54) is 12.1 Å². The van der Waals surface area contributed by atoms with Crippen LogP contribution in [0, 0.1) is 30.3 Å². The highest BCUT2D eigenvalue weighted by Gasteiger charge is 2.44. The number of carbonyl (C=O) groups excluding carboxylic acids is 1. The zero-order valence-corrected chi connectivity index (χ0v) is 13.8. The summed E-state index contributed by atoms with van der Waals surface area (Å²) in [7, 11) is 0. The quantitative estimate of drug-likeness (QED) is 0.370. The fourth-order valence-corrected chi connectivity index (χ4v) is 2.20. The Hall–Kier alpha value is -3.55. The van der Waals surface area contributed by atoms with Gasteiger partial charge in [-0.15, -0.1) is 30.3 Å². The molecule has 0 aliphatic heterocycles. The highest BCUT2D eigenvalue weighted by molar-refractivity contribution is 5.85. The van der Waals surface area contributed by atoms with E-state index in [-0.39, 0.29) is 0 Å². The van der Waals surface area contributed by atoms with E-state index >= 15 is 0 Å². The molecule has 0 radical (unpaired) electrons. The largest absolute Gasteiger partial charge is 0.391 e. The summed E-state index contributed by atoms with van der Waals surface area (Å²) < 4.78 is 0. The van der Waals surface area contributed by atoms with Gasteiger partial charge in [0.15, 0.2) is 24.1 Å². The summed E-state index contributed by atoms with van der Waals surface area (Å²) in [5, 5.41) is 37.5. The van der Waals surface area contributed by atoms with Gasteiger partial charge in [0.05, 0.1) is 6.10 Å². The molecule has 0 fully saturated rings. The lowest BCUT2D eigenvalue weighted by Gasteiger charge is -2.29. The zero-order valence-electron chi connectivity index (χ0n) is 13.8. The summed E-state index contributed by atoms with van der Waals surface area (Å²) in [6.07, 6.45) is -8.91. The zero-order chi connectivity index (χ0) is 20.6. The smallest absolute Gasteiger partial charge is 0.295 e. The number of aliphatic hydroxyl groups is 1. The van der Waals surface area contributed by atoms with Gasteiger partial charge in [-0.25, -0.2) is 0 Å². The van der Waals surface area contributed by atoms with Gasteiger partial charge in [-0.3, -0.25) is 4.79 Å². The van der Waals surface area contributed by atoms with Crippen molar-refractivity contribution in [3.63, 3.8) is 0 Å². The van der Waals surface area contributed by atoms with Crippen molar-refractivity contribution in [1.82, 2.24) is 0 Å². The molecule has 1 aromatic rings.